The van der Waals surface area contributed by atoms with Crippen molar-refractivity contribution in [3.63, 3.8) is 0 Å². The van der Waals surface area contributed by atoms with Crippen molar-refractivity contribution < 1.29 is 28.6 Å². The van der Waals surface area contributed by atoms with Crippen LogP contribution in [-0.2, 0) is 23.8 Å². The van der Waals surface area contributed by atoms with Crippen LogP contribution in [0, 0.1) is 11.3 Å². The standard InChI is InChI=1S/C24H44N2O6/c1-18(2)16-19(27)31-23(6,7)17-25-13-9-10-24(20(28)30-8)11-14-26(15-12-24)21(29)32-22(3,4)5/h18,25H,9-17H2,1-8H3. The lowest BCUT2D eigenvalue weighted by molar-refractivity contribution is -0.158. The van der Waals surface area contributed by atoms with Gasteiger partial charge in [-0.3, -0.25) is 9.59 Å². The van der Waals surface area contributed by atoms with Crippen molar-refractivity contribution in [2.75, 3.05) is 33.3 Å². The molecule has 1 heterocycles. The van der Waals surface area contributed by atoms with Crippen molar-refractivity contribution >= 4 is 18.0 Å². The number of likely N-dealkylation sites (tertiary alicyclic amines) is 1. The molecule has 1 amide bonds. The first kappa shape index (κ1) is 28.2. The van der Waals surface area contributed by atoms with Gasteiger partial charge in [0, 0.05) is 26.1 Å². The minimum Gasteiger partial charge on any atom is -0.469 e. The van der Waals surface area contributed by atoms with Gasteiger partial charge < -0.3 is 24.4 Å². The number of nitrogens with one attached hydrogen (secondary N) is 1. The number of ether oxygens (including phenoxy) is 3. The third-order valence-electron chi connectivity index (χ3n) is 5.52. The fourth-order valence-electron chi connectivity index (χ4n) is 3.88. The topological polar surface area (TPSA) is 94.2 Å². The Morgan fingerprint density at radius 3 is 2.12 bits per heavy atom. The maximum Gasteiger partial charge on any atom is 0.410 e. The molecule has 1 aliphatic rings. The van der Waals surface area contributed by atoms with E-state index in [1.807, 2.05) is 48.5 Å². The smallest absolute Gasteiger partial charge is 0.410 e. The van der Waals surface area contributed by atoms with E-state index in [0.717, 1.165) is 6.42 Å². The van der Waals surface area contributed by atoms with Crippen LogP contribution in [0.3, 0.4) is 0 Å². The van der Waals surface area contributed by atoms with Gasteiger partial charge in [-0.2, -0.15) is 0 Å². The van der Waals surface area contributed by atoms with E-state index in [1.54, 1.807) is 4.90 Å². The summed E-state index contributed by atoms with van der Waals surface area (Å²) in [7, 11) is 1.41. The Balaban J connectivity index is 2.51. The van der Waals surface area contributed by atoms with Gasteiger partial charge in [0.25, 0.3) is 0 Å². The summed E-state index contributed by atoms with van der Waals surface area (Å²) in [4.78, 5) is 38.5. The summed E-state index contributed by atoms with van der Waals surface area (Å²) < 4.78 is 16.1. The second-order valence-electron chi connectivity index (χ2n) is 10.9. The highest BCUT2D eigenvalue weighted by Gasteiger charge is 2.43. The molecule has 1 saturated heterocycles. The lowest BCUT2D eigenvalue weighted by Gasteiger charge is -2.40. The largest absolute Gasteiger partial charge is 0.469 e. The van der Waals surface area contributed by atoms with Crippen molar-refractivity contribution in [2.45, 2.75) is 91.8 Å². The van der Waals surface area contributed by atoms with Crippen molar-refractivity contribution in [3.05, 3.63) is 0 Å². The normalized spacial score (nSPS) is 16.6. The van der Waals surface area contributed by atoms with E-state index in [4.69, 9.17) is 14.2 Å². The van der Waals surface area contributed by atoms with E-state index in [0.29, 0.717) is 51.9 Å². The second-order valence-corrected chi connectivity index (χ2v) is 10.9. The zero-order valence-electron chi connectivity index (χ0n) is 21.3. The van der Waals surface area contributed by atoms with Gasteiger partial charge >= 0.3 is 18.0 Å². The molecule has 1 fully saturated rings. The zero-order chi connectivity index (χ0) is 24.6. The molecule has 1 rings (SSSR count). The maximum atomic E-state index is 12.6. The van der Waals surface area contributed by atoms with Gasteiger partial charge in [-0.1, -0.05) is 13.8 Å². The van der Waals surface area contributed by atoms with Gasteiger partial charge in [0.1, 0.15) is 11.2 Å². The Labute approximate surface area is 193 Å². The molecule has 186 valence electrons. The summed E-state index contributed by atoms with van der Waals surface area (Å²) in [5, 5.41) is 3.34. The number of amides is 1. The average molecular weight is 457 g/mol. The third-order valence-corrected chi connectivity index (χ3v) is 5.52. The molecule has 0 aliphatic carbocycles. The van der Waals surface area contributed by atoms with Crippen LogP contribution >= 0.6 is 0 Å². The monoisotopic (exact) mass is 456 g/mol. The summed E-state index contributed by atoms with van der Waals surface area (Å²) in [6, 6.07) is 0. The molecular formula is C24H44N2O6. The molecule has 8 nitrogen and oxygen atoms in total. The minimum absolute atomic E-state index is 0.187. The molecular weight excluding hydrogens is 412 g/mol. The molecule has 8 heteroatoms. The number of piperidine rings is 1. The van der Waals surface area contributed by atoms with Gasteiger partial charge in [0.2, 0.25) is 0 Å². The van der Waals surface area contributed by atoms with Crippen molar-refractivity contribution in [1.82, 2.24) is 10.2 Å². The maximum absolute atomic E-state index is 12.6. The molecule has 32 heavy (non-hydrogen) atoms. The zero-order valence-corrected chi connectivity index (χ0v) is 21.3. The number of carbonyl (C=O) groups is 3. The summed E-state index contributed by atoms with van der Waals surface area (Å²) in [5.74, 6) is -0.139. The molecule has 0 atom stereocenters. The minimum atomic E-state index is -0.592. The lowest BCUT2D eigenvalue weighted by atomic mass is 9.75. The Morgan fingerprint density at radius 1 is 1.03 bits per heavy atom. The first-order valence-electron chi connectivity index (χ1n) is 11.7. The molecule has 0 saturated carbocycles. The molecule has 0 unspecified atom stereocenters. The molecule has 0 aromatic rings. The number of hydrogen-bond acceptors (Lipinski definition) is 7. The van der Waals surface area contributed by atoms with E-state index in [-0.39, 0.29) is 23.9 Å². The Kier molecular flexibility index (Phi) is 10.5. The lowest BCUT2D eigenvalue weighted by Crippen LogP contribution is -2.48. The Morgan fingerprint density at radius 2 is 1.62 bits per heavy atom. The van der Waals surface area contributed by atoms with Crippen LogP contribution in [-0.4, -0.2) is 67.4 Å². The summed E-state index contributed by atoms with van der Waals surface area (Å²) in [6.45, 7) is 15.4. The molecule has 0 aromatic heterocycles. The van der Waals surface area contributed by atoms with E-state index in [1.165, 1.54) is 7.11 Å². The van der Waals surface area contributed by atoms with Gasteiger partial charge in [-0.05, 0) is 72.8 Å². The first-order chi connectivity index (χ1) is 14.7. The second kappa shape index (κ2) is 11.9. The number of esters is 2. The highest BCUT2D eigenvalue weighted by molar-refractivity contribution is 5.77. The number of carbonyl (C=O) groups excluding carboxylic acids is 3. The van der Waals surface area contributed by atoms with Crippen LogP contribution in [0.25, 0.3) is 0 Å². The molecule has 0 aromatic carbocycles. The van der Waals surface area contributed by atoms with Crippen LogP contribution < -0.4 is 5.32 Å². The van der Waals surface area contributed by atoms with Crippen molar-refractivity contribution in [2.24, 2.45) is 11.3 Å². The predicted molar refractivity (Wildman–Crippen MR) is 123 cm³/mol. The highest BCUT2D eigenvalue weighted by atomic mass is 16.6. The van der Waals surface area contributed by atoms with Crippen LogP contribution in [0.5, 0.6) is 0 Å². The van der Waals surface area contributed by atoms with Crippen LogP contribution in [0.4, 0.5) is 4.79 Å². The Hall–Kier alpha value is -1.83. The van der Waals surface area contributed by atoms with Crippen LogP contribution in [0.2, 0.25) is 0 Å². The molecule has 0 bridgehead atoms. The van der Waals surface area contributed by atoms with Gasteiger partial charge in [-0.25, -0.2) is 4.79 Å². The Bertz CT molecular complexity index is 631. The molecule has 0 radical (unpaired) electrons. The van der Waals surface area contributed by atoms with E-state index < -0.39 is 16.6 Å². The highest BCUT2D eigenvalue weighted by Crippen LogP contribution is 2.37. The average Bonchev–Trinajstić information content (AvgIpc) is 2.64. The number of hydrogen-bond donors (Lipinski definition) is 1. The van der Waals surface area contributed by atoms with E-state index in [9.17, 15) is 14.4 Å². The number of nitrogens with zero attached hydrogens (tertiary/aromatic N) is 1. The summed E-state index contributed by atoms with van der Waals surface area (Å²) in [6.07, 6.45) is 2.62. The number of rotatable bonds is 10. The van der Waals surface area contributed by atoms with Gasteiger partial charge in [-0.15, -0.1) is 0 Å². The molecule has 1 aliphatic heterocycles. The van der Waals surface area contributed by atoms with Crippen LogP contribution in [0.1, 0.15) is 80.6 Å². The fourth-order valence-corrected chi connectivity index (χ4v) is 3.88. The SMILES string of the molecule is COC(=O)C1(CCCNCC(C)(C)OC(=O)CC(C)C)CCN(C(=O)OC(C)(C)C)CC1. The van der Waals surface area contributed by atoms with E-state index in [2.05, 4.69) is 5.32 Å². The van der Waals surface area contributed by atoms with Crippen molar-refractivity contribution in [1.29, 1.82) is 0 Å². The van der Waals surface area contributed by atoms with Gasteiger partial charge in [0.15, 0.2) is 0 Å². The van der Waals surface area contributed by atoms with Crippen molar-refractivity contribution in [3.8, 4) is 0 Å². The summed E-state index contributed by atoms with van der Waals surface area (Å²) in [5.41, 5.74) is -1.73. The van der Waals surface area contributed by atoms with E-state index >= 15 is 0 Å². The predicted octanol–water partition coefficient (Wildman–Crippen LogP) is 3.91. The third kappa shape index (κ3) is 9.76. The molecule has 1 N–H and O–H groups in total. The summed E-state index contributed by atoms with van der Waals surface area (Å²) >= 11 is 0. The quantitative estimate of drug-likeness (QED) is 0.302. The molecule has 0 spiro atoms. The fraction of sp³-hybridized carbons (Fsp3) is 0.875. The van der Waals surface area contributed by atoms with Crippen LogP contribution in [0.15, 0.2) is 0 Å². The number of methoxy groups -OCH3 is 1. The first-order valence-corrected chi connectivity index (χ1v) is 11.7. The van der Waals surface area contributed by atoms with Gasteiger partial charge in [0.05, 0.1) is 12.5 Å².